The molecule has 0 saturated heterocycles. The van der Waals surface area contributed by atoms with Crippen molar-refractivity contribution in [2.45, 2.75) is 39.5 Å². The van der Waals surface area contributed by atoms with Crippen LogP contribution < -0.4 is 4.74 Å². The summed E-state index contributed by atoms with van der Waals surface area (Å²) in [6, 6.07) is 5.55. The Bertz CT molecular complexity index is 440. The Morgan fingerprint density at radius 3 is 2.75 bits per heavy atom. The Morgan fingerprint density at radius 1 is 1.25 bits per heavy atom. The molecule has 0 aliphatic rings. The lowest BCUT2D eigenvalue weighted by Crippen LogP contribution is -2.04. The number of carbonyl (C=O) groups is 2. The minimum atomic E-state index is -0.143. The smallest absolute Gasteiger partial charge is 0.305 e. The zero-order valence-electron chi connectivity index (χ0n) is 12.2. The fourth-order valence-corrected chi connectivity index (χ4v) is 1.85. The largest absolute Gasteiger partial charge is 0.493 e. The zero-order valence-corrected chi connectivity index (χ0v) is 12.2. The van der Waals surface area contributed by atoms with E-state index in [0.717, 1.165) is 31.1 Å². The first kappa shape index (κ1) is 16.2. The number of benzene rings is 1. The van der Waals surface area contributed by atoms with E-state index >= 15 is 0 Å². The molecule has 4 heteroatoms. The van der Waals surface area contributed by atoms with Gasteiger partial charge in [0.25, 0.3) is 0 Å². The summed E-state index contributed by atoms with van der Waals surface area (Å²) in [5.74, 6) is 0.478. The summed E-state index contributed by atoms with van der Waals surface area (Å²) in [5, 5.41) is 0. The van der Waals surface area contributed by atoms with Crippen molar-refractivity contribution in [1.29, 1.82) is 0 Å². The third-order valence-electron chi connectivity index (χ3n) is 2.88. The fraction of sp³-hybridized carbons (Fsp3) is 0.500. The lowest BCUT2D eigenvalue weighted by Gasteiger charge is -2.09. The molecule has 0 aliphatic heterocycles. The van der Waals surface area contributed by atoms with Crippen molar-refractivity contribution in [3.05, 3.63) is 29.3 Å². The Morgan fingerprint density at radius 2 is 2.05 bits per heavy atom. The van der Waals surface area contributed by atoms with Gasteiger partial charge in [-0.2, -0.15) is 0 Å². The van der Waals surface area contributed by atoms with E-state index in [-0.39, 0.29) is 5.97 Å². The van der Waals surface area contributed by atoms with Gasteiger partial charge in [0.05, 0.1) is 18.8 Å². The molecular formula is C16H22O4. The van der Waals surface area contributed by atoms with E-state index in [2.05, 4.69) is 0 Å². The molecule has 0 bridgehead atoms. The number of unbranched alkanes of at least 4 members (excludes halogenated alkanes) is 2. The highest BCUT2D eigenvalue weighted by Gasteiger charge is 2.04. The van der Waals surface area contributed by atoms with Gasteiger partial charge in [0, 0.05) is 6.42 Å². The predicted octanol–water partition coefficient (Wildman–Crippen LogP) is 3.31. The van der Waals surface area contributed by atoms with E-state index in [1.54, 1.807) is 6.92 Å². The highest BCUT2D eigenvalue weighted by Crippen LogP contribution is 2.18. The van der Waals surface area contributed by atoms with Gasteiger partial charge in [0.2, 0.25) is 0 Å². The maximum absolute atomic E-state index is 11.1. The molecule has 0 unspecified atom stereocenters. The molecule has 1 aromatic rings. The van der Waals surface area contributed by atoms with Gasteiger partial charge in [-0.15, -0.1) is 0 Å². The Labute approximate surface area is 120 Å². The maximum Gasteiger partial charge on any atom is 0.305 e. The molecule has 110 valence electrons. The molecule has 1 rings (SSSR count). The SMILES string of the molecule is CCOC(=O)CCCCCOc1ccc(C)cc1C=O. The number of carbonyl (C=O) groups excluding carboxylic acids is 2. The van der Waals surface area contributed by atoms with E-state index in [9.17, 15) is 9.59 Å². The van der Waals surface area contributed by atoms with Crippen LogP contribution in [0.1, 0.15) is 48.5 Å². The van der Waals surface area contributed by atoms with Crippen molar-refractivity contribution in [3.8, 4) is 5.75 Å². The molecule has 0 spiro atoms. The normalized spacial score (nSPS) is 10.1. The average Bonchev–Trinajstić information content (AvgIpc) is 2.44. The van der Waals surface area contributed by atoms with Crippen LogP contribution in [0, 0.1) is 6.92 Å². The molecule has 0 fully saturated rings. The number of hydrogen-bond donors (Lipinski definition) is 0. The molecule has 0 aromatic heterocycles. The summed E-state index contributed by atoms with van der Waals surface area (Å²) in [7, 11) is 0. The summed E-state index contributed by atoms with van der Waals surface area (Å²) in [4.78, 5) is 22.0. The summed E-state index contributed by atoms with van der Waals surface area (Å²) >= 11 is 0. The van der Waals surface area contributed by atoms with Crippen LogP contribution in [-0.4, -0.2) is 25.5 Å². The van der Waals surface area contributed by atoms with Crippen molar-refractivity contribution in [1.82, 2.24) is 0 Å². The monoisotopic (exact) mass is 278 g/mol. The molecule has 0 N–H and O–H groups in total. The number of aryl methyl sites for hydroxylation is 1. The molecule has 20 heavy (non-hydrogen) atoms. The van der Waals surface area contributed by atoms with Crippen LogP contribution in [0.3, 0.4) is 0 Å². The van der Waals surface area contributed by atoms with Gasteiger partial charge >= 0.3 is 5.97 Å². The summed E-state index contributed by atoms with van der Waals surface area (Å²) in [6.07, 6.45) is 3.82. The second-order valence-corrected chi connectivity index (χ2v) is 4.62. The predicted molar refractivity (Wildman–Crippen MR) is 77.2 cm³/mol. The molecule has 0 atom stereocenters. The topological polar surface area (TPSA) is 52.6 Å². The summed E-state index contributed by atoms with van der Waals surface area (Å²) in [6.45, 7) is 4.72. The fourth-order valence-electron chi connectivity index (χ4n) is 1.85. The van der Waals surface area contributed by atoms with Crippen molar-refractivity contribution >= 4 is 12.3 Å². The Kier molecular flexibility index (Phi) is 7.40. The molecule has 0 aliphatic carbocycles. The molecule has 0 saturated carbocycles. The maximum atomic E-state index is 11.1. The minimum Gasteiger partial charge on any atom is -0.493 e. The molecule has 0 radical (unpaired) electrons. The molecule has 4 nitrogen and oxygen atoms in total. The second-order valence-electron chi connectivity index (χ2n) is 4.62. The van der Waals surface area contributed by atoms with Gasteiger partial charge in [-0.3, -0.25) is 9.59 Å². The van der Waals surface area contributed by atoms with E-state index in [4.69, 9.17) is 9.47 Å². The van der Waals surface area contributed by atoms with Gasteiger partial charge in [-0.25, -0.2) is 0 Å². The van der Waals surface area contributed by atoms with E-state index in [1.165, 1.54) is 0 Å². The van der Waals surface area contributed by atoms with Crippen molar-refractivity contribution in [3.63, 3.8) is 0 Å². The first-order valence-corrected chi connectivity index (χ1v) is 7.01. The van der Waals surface area contributed by atoms with Crippen LogP contribution in [0.15, 0.2) is 18.2 Å². The van der Waals surface area contributed by atoms with Crippen molar-refractivity contribution in [2.24, 2.45) is 0 Å². The number of aldehydes is 1. The zero-order chi connectivity index (χ0) is 14.8. The Hall–Kier alpha value is -1.84. The third-order valence-corrected chi connectivity index (χ3v) is 2.88. The Balaban J connectivity index is 2.21. The van der Waals surface area contributed by atoms with E-state index in [1.807, 2.05) is 25.1 Å². The molecular weight excluding hydrogens is 256 g/mol. The molecule has 1 aromatic carbocycles. The van der Waals surface area contributed by atoms with Gasteiger partial charge in [-0.05, 0) is 45.2 Å². The lowest BCUT2D eigenvalue weighted by atomic mass is 10.1. The lowest BCUT2D eigenvalue weighted by molar-refractivity contribution is -0.143. The summed E-state index contributed by atoms with van der Waals surface area (Å²) < 4.78 is 10.4. The molecule has 0 amide bonds. The first-order chi connectivity index (χ1) is 9.67. The van der Waals surface area contributed by atoms with Gasteiger partial charge in [-0.1, -0.05) is 11.6 Å². The van der Waals surface area contributed by atoms with Crippen LogP contribution in [-0.2, 0) is 9.53 Å². The van der Waals surface area contributed by atoms with E-state index < -0.39 is 0 Å². The van der Waals surface area contributed by atoms with Crippen LogP contribution >= 0.6 is 0 Å². The second kappa shape index (κ2) is 9.13. The number of ether oxygens (including phenoxy) is 2. The van der Waals surface area contributed by atoms with Crippen molar-refractivity contribution in [2.75, 3.05) is 13.2 Å². The van der Waals surface area contributed by atoms with Gasteiger partial charge in [0.15, 0.2) is 6.29 Å². The number of esters is 1. The van der Waals surface area contributed by atoms with Crippen LogP contribution in [0.4, 0.5) is 0 Å². The third kappa shape index (κ3) is 5.87. The van der Waals surface area contributed by atoms with Gasteiger partial charge in [0.1, 0.15) is 5.75 Å². The standard InChI is InChI=1S/C16H22O4/c1-3-19-16(18)7-5-4-6-10-20-15-9-8-13(2)11-14(15)12-17/h8-9,11-12H,3-7,10H2,1-2H3. The molecule has 0 heterocycles. The van der Waals surface area contributed by atoms with Gasteiger partial charge < -0.3 is 9.47 Å². The highest BCUT2D eigenvalue weighted by molar-refractivity contribution is 5.79. The van der Waals surface area contributed by atoms with Crippen molar-refractivity contribution < 1.29 is 19.1 Å². The number of rotatable bonds is 9. The van der Waals surface area contributed by atoms with Crippen LogP contribution in [0.5, 0.6) is 5.75 Å². The first-order valence-electron chi connectivity index (χ1n) is 7.01. The number of hydrogen-bond acceptors (Lipinski definition) is 4. The van der Waals surface area contributed by atoms with Crippen LogP contribution in [0.2, 0.25) is 0 Å². The minimum absolute atomic E-state index is 0.143. The quantitative estimate of drug-likeness (QED) is 0.395. The van der Waals surface area contributed by atoms with Crippen LogP contribution in [0.25, 0.3) is 0 Å². The highest BCUT2D eigenvalue weighted by atomic mass is 16.5. The van der Waals surface area contributed by atoms with E-state index in [0.29, 0.717) is 30.9 Å². The summed E-state index contributed by atoms with van der Waals surface area (Å²) in [5.41, 5.74) is 1.62. The average molecular weight is 278 g/mol.